The Morgan fingerprint density at radius 2 is 1.39 bits per heavy atom. The highest BCUT2D eigenvalue weighted by Crippen LogP contribution is 2.29. The molecule has 182 valence electrons. The lowest BCUT2D eigenvalue weighted by molar-refractivity contribution is -0.131. The van der Waals surface area contributed by atoms with Gasteiger partial charge >= 0.3 is 0 Å². The molecule has 6 heteroatoms. The number of aromatic nitrogens is 2. The van der Waals surface area contributed by atoms with Gasteiger partial charge in [-0.3, -0.25) is 4.79 Å². The number of carbonyl (C=O) groups excluding carboxylic acids is 1. The van der Waals surface area contributed by atoms with Crippen LogP contribution in [0.1, 0.15) is 23.5 Å². The van der Waals surface area contributed by atoms with Crippen LogP contribution in [0.2, 0.25) is 0 Å². The molecule has 2 heterocycles. The van der Waals surface area contributed by atoms with E-state index in [1.807, 2.05) is 77.7 Å². The molecule has 3 aromatic carbocycles. The zero-order valence-corrected chi connectivity index (χ0v) is 20.5. The minimum absolute atomic E-state index is 0.0503. The van der Waals surface area contributed by atoms with Gasteiger partial charge in [-0.1, -0.05) is 60.7 Å². The Kier molecular flexibility index (Phi) is 7.22. The van der Waals surface area contributed by atoms with Crippen molar-refractivity contribution in [3.8, 4) is 17.0 Å². The summed E-state index contributed by atoms with van der Waals surface area (Å²) in [6.45, 7) is 2.83. The molecule has 1 aliphatic rings. The Balaban J connectivity index is 1.21. The summed E-state index contributed by atoms with van der Waals surface area (Å²) >= 11 is 0. The number of carbonyl (C=O) groups is 1. The molecule has 0 bridgehead atoms. The average molecular weight is 479 g/mol. The van der Waals surface area contributed by atoms with Gasteiger partial charge in [0.25, 0.3) is 0 Å². The predicted octanol–water partition coefficient (Wildman–Crippen LogP) is 5.02. The topological polar surface area (TPSA) is 58.6 Å². The molecule has 1 aromatic heterocycles. The maximum Gasteiger partial charge on any atom is 0.223 e. The number of nitrogens with zero attached hydrogens (tertiary/aromatic N) is 4. The number of hydrogen-bond donors (Lipinski definition) is 0. The fourth-order valence-electron chi connectivity index (χ4n) is 4.70. The van der Waals surface area contributed by atoms with E-state index in [2.05, 4.69) is 39.4 Å². The first-order chi connectivity index (χ1) is 17.7. The van der Waals surface area contributed by atoms with E-state index in [0.717, 1.165) is 35.9 Å². The van der Waals surface area contributed by atoms with E-state index in [-0.39, 0.29) is 11.8 Å². The van der Waals surface area contributed by atoms with Crippen LogP contribution in [0.4, 0.5) is 5.82 Å². The molecule has 6 nitrogen and oxygen atoms in total. The van der Waals surface area contributed by atoms with E-state index < -0.39 is 0 Å². The smallest absolute Gasteiger partial charge is 0.223 e. The highest BCUT2D eigenvalue weighted by molar-refractivity contribution is 5.78. The summed E-state index contributed by atoms with van der Waals surface area (Å²) in [5, 5.41) is 8.89. The van der Waals surface area contributed by atoms with Crippen molar-refractivity contribution >= 4 is 11.7 Å². The lowest BCUT2D eigenvalue weighted by atomic mass is 9.88. The van der Waals surface area contributed by atoms with E-state index in [4.69, 9.17) is 4.74 Å². The third-order valence-electron chi connectivity index (χ3n) is 6.78. The zero-order chi connectivity index (χ0) is 24.7. The summed E-state index contributed by atoms with van der Waals surface area (Å²) in [7, 11) is 1.65. The van der Waals surface area contributed by atoms with Gasteiger partial charge < -0.3 is 14.5 Å². The SMILES string of the molecule is COc1ccc(-c2ccc(N3CCN(C(=O)CC(c4ccccc4)c4ccccc4)CC3)nn2)cc1. The van der Waals surface area contributed by atoms with Gasteiger partial charge in [-0.15, -0.1) is 10.2 Å². The van der Waals surface area contributed by atoms with Gasteiger partial charge in [0.2, 0.25) is 5.91 Å². The second-order valence-corrected chi connectivity index (χ2v) is 8.95. The van der Waals surface area contributed by atoms with Gasteiger partial charge in [-0.05, 0) is 47.5 Å². The molecule has 1 fully saturated rings. The van der Waals surface area contributed by atoms with Gasteiger partial charge in [-0.25, -0.2) is 0 Å². The van der Waals surface area contributed by atoms with Crippen molar-refractivity contribution in [1.29, 1.82) is 0 Å². The van der Waals surface area contributed by atoms with Crippen LogP contribution >= 0.6 is 0 Å². The first-order valence-corrected chi connectivity index (χ1v) is 12.3. The Bertz CT molecular complexity index is 1210. The quantitative estimate of drug-likeness (QED) is 0.373. The second-order valence-electron chi connectivity index (χ2n) is 8.95. The van der Waals surface area contributed by atoms with Crippen LogP contribution in [-0.2, 0) is 4.79 Å². The van der Waals surface area contributed by atoms with Gasteiger partial charge in [0.1, 0.15) is 5.75 Å². The van der Waals surface area contributed by atoms with Crippen molar-refractivity contribution in [2.24, 2.45) is 0 Å². The molecule has 0 spiro atoms. The Morgan fingerprint density at radius 1 is 0.778 bits per heavy atom. The molecule has 0 saturated carbocycles. The van der Waals surface area contributed by atoms with Crippen LogP contribution < -0.4 is 9.64 Å². The van der Waals surface area contributed by atoms with E-state index in [1.165, 1.54) is 11.1 Å². The van der Waals surface area contributed by atoms with Crippen LogP contribution in [0.5, 0.6) is 5.75 Å². The zero-order valence-electron chi connectivity index (χ0n) is 20.5. The highest BCUT2D eigenvalue weighted by atomic mass is 16.5. The largest absolute Gasteiger partial charge is 0.497 e. The molecule has 1 amide bonds. The minimum atomic E-state index is 0.0503. The first kappa shape index (κ1) is 23.5. The Morgan fingerprint density at radius 3 is 1.92 bits per heavy atom. The third-order valence-corrected chi connectivity index (χ3v) is 6.78. The molecule has 0 aliphatic carbocycles. The molecule has 1 aliphatic heterocycles. The van der Waals surface area contributed by atoms with E-state index in [1.54, 1.807) is 7.11 Å². The summed E-state index contributed by atoms with van der Waals surface area (Å²) in [6.07, 6.45) is 0.463. The molecule has 36 heavy (non-hydrogen) atoms. The summed E-state index contributed by atoms with van der Waals surface area (Å²) in [5.41, 5.74) is 4.16. The number of anilines is 1. The fraction of sp³-hybridized carbons (Fsp3) is 0.233. The molecule has 5 rings (SSSR count). The van der Waals surface area contributed by atoms with E-state index in [0.29, 0.717) is 19.5 Å². The highest BCUT2D eigenvalue weighted by Gasteiger charge is 2.26. The van der Waals surface area contributed by atoms with Crippen LogP contribution in [0, 0.1) is 0 Å². The second kappa shape index (κ2) is 11.0. The van der Waals surface area contributed by atoms with Crippen LogP contribution in [0.25, 0.3) is 11.3 Å². The first-order valence-electron chi connectivity index (χ1n) is 12.3. The maximum atomic E-state index is 13.3. The fourth-order valence-corrected chi connectivity index (χ4v) is 4.70. The van der Waals surface area contributed by atoms with Crippen molar-refractivity contribution < 1.29 is 9.53 Å². The number of amides is 1. The lowest BCUT2D eigenvalue weighted by Gasteiger charge is -2.36. The molecular weight excluding hydrogens is 448 g/mol. The molecule has 0 N–H and O–H groups in total. The number of rotatable bonds is 7. The third kappa shape index (κ3) is 5.38. The molecule has 0 atom stereocenters. The summed E-state index contributed by atoms with van der Waals surface area (Å²) in [5.74, 6) is 1.89. The number of ether oxygens (including phenoxy) is 1. The Hall–Kier alpha value is -4.19. The molecular formula is C30H30N4O2. The predicted molar refractivity (Wildman–Crippen MR) is 142 cm³/mol. The standard InChI is InChI=1S/C30H30N4O2/c1-36-26-14-12-25(13-15-26)28-16-17-29(32-31-28)33-18-20-34(21-19-33)30(35)22-27(23-8-4-2-5-9-23)24-10-6-3-7-11-24/h2-17,27H,18-22H2,1H3. The van der Waals surface area contributed by atoms with Gasteiger partial charge in [0.05, 0.1) is 12.8 Å². The molecule has 0 radical (unpaired) electrons. The molecule has 0 unspecified atom stereocenters. The van der Waals surface area contributed by atoms with Crippen LogP contribution in [-0.4, -0.2) is 54.3 Å². The van der Waals surface area contributed by atoms with Crippen LogP contribution in [0.15, 0.2) is 97.1 Å². The van der Waals surface area contributed by atoms with Gasteiger partial charge in [0.15, 0.2) is 5.82 Å². The van der Waals surface area contributed by atoms with Crippen molar-refractivity contribution in [3.05, 3.63) is 108 Å². The Labute approximate surface area is 212 Å². The van der Waals surface area contributed by atoms with E-state index >= 15 is 0 Å². The summed E-state index contributed by atoms with van der Waals surface area (Å²) in [4.78, 5) is 17.5. The number of benzene rings is 3. The van der Waals surface area contributed by atoms with Crippen molar-refractivity contribution in [3.63, 3.8) is 0 Å². The normalized spacial score (nSPS) is 13.6. The van der Waals surface area contributed by atoms with Gasteiger partial charge in [-0.2, -0.15) is 0 Å². The van der Waals surface area contributed by atoms with Crippen molar-refractivity contribution in [2.45, 2.75) is 12.3 Å². The monoisotopic (exact) mass is 478 g/mol. The lowest BCUT2D eigenvalue weighted by Crippen LogP contribution is -2.49. The van der Waals surface area contributed by atoms with Crippen LogP contribution in [0.3, 0.4) is 0 Å². The summed E-state index contributed by atoms with van der Waals surface area (Å²) < 4.78 is 5.22. The van der Waals surface area contributed by atoms with Crippen molar-refractivity contribution in [2.75, 3.05) is 38.2 Å². The molecule has 4 aromatic rings. The van der Waals surface area contributed by atoms with Gasteiger partial charge in [0, 0.05) is 44.1 Å². The average Bonchev–Trinajstić information content (AvgIpc) is 2.97. The minimum Gasteiger partial charge on any atom is -0.497 e. The van der Waals surface area contributed by atoms with Crippen molar-refractivity contribution in [1.82, 2.24) is 15.1 Å². The number of methoxy groups -OCH3 is 1. The maximum absolute atomic E-state index is 13.3. The number of hydrogen-bond acceptors (Lipinski definition) is 5. The summed E-state index contributed by atoms with van der Waals surface area (Å²) in [6, 6.07) is 32.4. The molecule has 1 saturated heterocycles. The van der Waals surface area contributed by atoms with E-state index in [9.17, 15) is 4.79 Å². The number of piperazine rings is 1.